The lowest BCUT2D eigenvalue weighted by molar-refractivity contribution is 0.168. The van der Waals surface area contributed by atoms with E-state index in [0.717, 1.165) is 31.5 Å². The van der Waals surface area contributed by atoms with E-state index in [1.165, 1.54) is 38.5 Å². The molecule has 0 amide bonds. The van der Waals surface area contributed by atoms with Gasteiger partial charge in [-0.15, -0.1) is 0 Å². The van der Waals surface area contributed by atoms with Gasteiger partial charge in [-0.25, -0.2) is 0 Å². The van der Waals surface area contributed by atoms with Gasteiger partial charge in [-0.2, -0.15) is 8.42 Å². The zero-order chi connectivity index (χ0) is 15.0. The molecule has 120 valence electrons. The predicted molar refractivity (Wildman–Crippen MR) is 86.5 cm³/mol. The molecule has 1 saturated carbocycles. The van der Waals surface area contributed by atoms with Crippen LogP contribution in [0.25, 0.3) is 0 Å². The van der Waals surface area contributed by atoms with E-state index in [-0.39, 0.29) is 0 Å². The summed E-state index contributed by atoms with van der Waals surface area (Å²) in [6.07, 6.45) is 8.03. The number of hydrogen-bond donors (Lipinski definition) is 1. The van der Waals surface area contributed by atoms with Crippen molar-refractivity contribution in [3.8, 4) is 0 Å². The Kier molecular flexibility index (Phi) is 8.48. The molecule has 0 bridgehead atoms. The van der Waals surface area contributed by atoms with E-state index < -0.39 is 9.15 Å². The van der Waals surface area contributed by atoms with Crippen LogP contribution in [0.15, 0.2) is 0 Å². The van der Waals surface area contributed by atoms with E-state index in [1.807, 2.05) is 0 Å². The van der Waals surface area contributed by atoms with Gasteiger partial charge in [0.1, 0.15) is 0 Å². The summed E-state index contributed by atoms with van der Waals surface area (Å²) >= 11 is 0. The van der Waals surface area contributed by atoms with Gasteiger partial charge >= 0.3 is 9.15 Å². The maximum Gasteiger partial charge on any atom is 0.319 e. The monoisotopic (exact) mass is 323 g/mol. The molecule has 0 spiro atoms. The SMILES string of the molecule is CCC(CN(CC)CCSS(=O)(=O)O)C1CCCCC1. The van der Waals surface area contributed by atoms with Crippen molar-refractivity contribution in [3.63, 3.8) is 0 Å². The van der Waals surface area contributed by atoms with Crippen molar-refractivity contribution in [2.24, 2.45) is 11.8 Å². The smallest absolute Gasteiger partial charge is 0.302 e. The lowest BCUT2D eigenvalue weighted by atomic mass is 9.78. The third-order valence-electron chi connectivity index (χ3n) is 4.42. The first-order valence-electron chi connectivity index (χ1n) is 7.80. The van der Waals surface area contributed by atoms with Crippen molar-refractivity contribution in [1.29, 1.82) is 0 Å². The molecule has 4 nitrogen and oxygen atoms in total. The van der Waals surface area contributed by atoms with Crippen LogP contribution in [0.4, 0.5) is 0 Å². The van der Waals surface area contributed by atoms with Crippen molar-refractivity contribution < 1.29 is 13.0 Å². The normalized spacial score (nSPS) is 19.4. The van der Waals surface area contributed by atoms with Gasteiger partial charge in [0.25, 0.3) is 0 Å². The second kappa shape index (κ2) is 9.28. The van der Waals surface area contributed by atoms with E-state index in [2.05, 4.69) is 18.7 Å². The average Bonchev–Trinajstić information content (AvgIpc) is 2.42. The van der Waals surface area contributed by atoms with Crippen LogP contribution < -0.4 is 0 Å². The second-order valence-electron chi connectivity index (χ2n) is 5.71. The molecule has 6 heteroatoms. The van der Waals surface area contributed by atoms with Gasteiger partial charge in [0.2, 0.25) is 0 Å². The van der Waals surface area contributed by atoms with Crippen LogP contribution >= 0.6 is 10.8 Å². The molecule has 0 radical (unpaired) electrons. The fourth-order valence-electron chi connectivity index (χ4n) is 3.20. The van der Waals surface area contributed by atoms with E-state index >= 15 is 0 Å². The van der Waals surface area contributed by atoms with E-state index in [9.17, 15) is 8.42 Å². The van der Waals surface area contributed by atoms with Crippen LogP contribution in [0, 0.1) is 11.8 Å². The van der Waals surface area contributed by atoms with Crippen LogP contribution in [0.1, 0.15) is 52.4 Å². The number of rotatable bonds is 9. The summed E-state index contributed by atoms with van der Waals surface area (Å²) in [5.41, 5.74) is 0. The highest BCUT2D eigenvalue weighted by Gasteiger charge is 2.23. The Morgan fingerprint density at radius 1 is 1.25 bits per heavy atom. The molecular formula is C14H29NO3S2. The Morgan fingerprint density at radius 3 is 2.40 bits per heavy atom. The fraction of sp³-hybridized carbons (Fsp3) is 1.00. The molecule has 1 atom stereocenters. The molecule has 0 saturated heterocycles. The molecule has 1 aliphatic rings. The summed E-state index contributed by atoms with van der Waals surface area (Å²) in [5, 5.41) is 0. The number of hydrogen-bond acceptors (Lipinski definition) is 4. The number of nitrogens with zero attached hydrogens (tertiary/aromatic N) is 1. The summed E-state index contributed by atoms with van der Waals surface area (Å²) in [6.45, 7) is 7.11. The van der Waals surface area contributed by atoms with Crippen molar-refractivity contribution in [2.75, 3.05) is 25.4 Å². The van der Waals surface area contributed by atoms with Gasteiger partial charge in [0.15, 0.2) is 0 Å². The Morgan fingerprint density at radius 2 is 1.90 bits per heavy atom. The third kappa shape index (κ3) is 7.29. The van der Waals surface area contributed by atoms with Gasteiger partial charge in [0.05, 0.1) is 0 Å². The minimum Gasteiger partial charge on any atom is -0.302 e. The quantitative estimate of drug-likeness (QED) is 0.520. The summed E-state index contributed by atoms with van der Waals surface area (Å²) < 4.78 is 30.2. The first kappa shape index (κ1) is 18.3. The lowest BCUT2D eigenvalue weighted by Crippen LogP contribution is -2.35. The molecule has 0 aromatic heterocycles. The maximum atomic E-state index is 10.7. The molecule has 0 heterocycles. The average molecular weight is 324 g/mol. The molecule has 20 heavy (non-hydrogen) atoms. The summed E-state index contributed by atoms with van der Waals surface area (Å²) in [5.74, 6) is 2.01. The van der Waals surface area contributed by atoms with Crippen LogP contribution in [0.2, 0.25) is 0 Å². The minimum absolute atomic E-state index is 0.438. The van der Waals surface area contributed by atoms with Gasteiger partial charge < -0.3 is 4.90 Å². The molecule has 0 aromatic rings. The van der Waals surface area contributed by atoms with Crippen LogP contribution in [-0.2, 0) is 9.15 Å². The van der Waals surface area contributed by atoms with Gasteiger partial charge in [-0.05, 0) is 29.2 Å². The van der Waals surface area contributed by atoms with Gasteiger partial charge in [-0.1, -0.05) is 52.4 Å². The van der Waals surface area contributed by atoms with Gasteiger partial charge in [0, 0.05) is 18.8 Å². The topological polar surface area (TPSA) is 57.6 Å². The zero-order valence-electron chi connectivity index (χ0n) is 12.8. The Hall–Kier alpha value is 0.220. The highest BCUT2D eigenvalue weighted by Crippen LogP contribution is 2.32. The first-order chi connectivity index (χ1) is 9.46. The van der Waals surface area contributed by atoms with E-state index in [1.54, 1.807) is 0 Å². The van der Waals surface area contributed by atoms with Crippen molar-refractivity contribution in [3.05, 3.63) is 0 Å². The summed E-state index contributed by atoms with van der Waals surface area (Å²) in [6, 6.07) is 0. The minimum atomic E-state index is -3.89. The van der Waals surface area contributed by atoms with Crippen molar-refractivity contribution >= 4 is 19.9 Å². The van der Waals surface area contributed by atoms with Crippen molar-refractivity contribution in [1.82, 2.24) is 4.90 Å². The van der Waals surface area contributed by atoms with Crippen LogP contribution in [-0.4, -0.2) is 43.3 Å². The Balaban J connectivity index is 2.39. The van der Waals surface area contributed by atoms with Crippen LogP contribution in [0.3, 0.4) is 0 Å². The zero-order valence-corrected chi connectivity index (χ0v) is 14.4. The molecule has 1 N–H and O–H groups in total. The molecule has 1 unspecified atom stereocenters. The molecule has 0 aromatic carbocycles. The third-order valence-corrected chi connectivity index (χ3v) is 6.46. The molecule has 0 aliphatic heterocycles. The second-order valence-corrected chi connectivity index (χ2v) is 9.18. The molecule has 1 aliphatic carbocycles. The first-order valence-corrected chi connectivity index (χ1v) is 10.7. The molecular weight excluding hydrogens is 294 g/mol. The predicted octanol–water partition coefficient (Wildman–Crippen LogP) is 3.45. The lowest BCUT2D eigenvalue weighted by Gasteiger charge is -2.33. The Labute approximate surface area is 127 Å². The van der Waals surface area contributed by atoms with Crippen molar-refractivity contribution in [2.45, 2.75) is 52.4 Å². The molecule has 1 fully saturated rings. The van der Waals surface area contributed by atoms with Crippen LogP contribution in [0.5, 0.6) is 0 Å². The Bertz CT molecular complexity index is 353. The summed E-state index contributed by atoms with van der Waals surface area (Å²) in [4.78, 5) is 2.32. The highest BCUT2D eigenvalue weighted by atomic mass is 33.1. The highest BCUT2D eigenvalue weighted by molar-refractivity contribution is 8.69. The van der Waals surface area contributed by atoms with E-state index in [0.29, 0.717) is 16.5 Å². The van der Waals surface area contributed by atoms with Gasteiger partial charge in [-0.3, -0.25) is 4.55 Å². The maximum absolute atomic E-state index is 10.7. The largest absolute Gasteiger partial charge is 0.319 e. The fourth-order valence-corrected chi connectivity index (χ4v) is 4.60. The molecule has 1 rings (SSSR count). The van der Waals surface area contributed by atoms with E-state index in [4.69, 9.17) is 4.55 Å². The standard InChI is InChI=1S/C14H29NO3S2/c1-3-13(14-8-6-5-7-9-14)12-15(4-2)10-11-19-20(16,17)18/h13-14H,3-12H2,1-2H3,(H,16,17,18). The summed E-state index contributed by atoms with van der Waals surface area (Å²) in [7, 11) is -3.26.